The van der Waals surface area contributed by atoms with Crippen molar-refractivity contribution < 1.29 is 53.7 Å². The van der Waals surface area contributed by atoms with E-state index in [0.29, 0.717) is 57.8 Å². The molecule has 41 heavy (non-hydrogen) atoms. The quantitative estimate of drug-likeness (QED) is 0.305. The second-order valence-electron chi connectivity index (χ2n) is 9.25. The first-order valence-corrected chi connectivity index (χ1v) is 13.7. The van der Waals surface area contributed by atoms with Gasteiger partial charge in [0.25, 0.3) is 5.91 Å². The van der Waals surface area contributed by atoms with Crippen molar-refractivity contribution in [1.82, 2.24) is 5.32 Å². The molecule has 4 aromatic rings. The minimum atomic E-state index is -1.17. The molecule has 4 aromatic carbocycles. The topological polar surface area (TPSA) is 87.7 Å². The van der Waals surface area contributed by atoms with Crippen LogP contribution in [0.2, 0.25) is 15.1 Å². The number of fused-ring (bicyclic) bond motifs is 1. The molecule has 0 bridgehead atoms. The third-order valence-corrected chi connectivity index (χ3v) is 7.63. The molecule has 0 saturated heterocycles. The summed E-state index contributed by atoms with van der Waals surface area (Å²) in [5.74, 6) is -1.02. The van der Waals surface area contributed by atoms with Crippen LogP contribution in [-0.4, -0.2) is 25.0 Å². The SMILES string of the molecule is O=C(NCCc1ccc(-c2ccccc2Cl)cc1Cl)c1ccc(Oc2cc3c(cc2Cl)C(C(=O)[O-])CCO3)cc1.[Na+]. The summed E-state index contributed by atoms with van der Waals surface area (Å²) in [6.45, 7) is 0.663. The Morgan fingerprint density at radius 2 is 1.68 bits per heavy atom. The van der Waals surface area contributed by atoms with E-state index in [9.17, 15) is 14.7 Å². The standard InChI is InChI=1S/C31H24Cl3NO5.Na/c32-25-4-2-1-3-22(25)20-6-5-18(26(33)15-20)11-13-35-30(36)19-7-9-21(10-8-19)40-29-17-28-24(16-27(29)34)23(31(37)38)12-14-39-28;/h1-10,15-17,23H,11-14H2,(H,35,36)(H,37,38);/q;+1/p-1. The number of ether oxygens (including phenoxy) is 2. The largest absolute Gasteiger partial charge is 1.00 e. The molecule has 0 radical (unpaired) electrons. The molecule has 0 saturated carbocycles. The fraction of sp³-hybridized carbons (Fsp3) is 0.161. The van der Waals surface area contributed by atoms with E-state index in [4.69, 9.17) is 44.3 Å². The predicted octanol–water partition coefficient (Wildman–Crippen LogP) is 3.70. The number of benzene rings is 4. The molecule has 0 fully saturated rings. The summed E-state index contributed by atoms with van der Waals surface area (Å²) in [7, 11) is 0. The zero-order valence-electron chi connectivity index (χ0n) is 22.1. The maximum Gasteiger partial charge on any atom is 1.00 e. The number of hydrogen-bond acceptors (Lipinski definition) is 5. The Morgan fingerprint density at radius 3 is 2.39 bits per heavy atom. The molecule has 6 nitrogen and oxygen atoms in total. The monoisotopic (exact) mass is 617 g/mol. The average Bonchev–Trinajstić information content (AvgIpc) is 2.94. The summed E-state index contributed by atoms with van der Waals surface area (Å²) < 4.78 is 11.5. The van der Waals surface area contributed by atoms with Crippen molar-refractivity contribution in [3.8, 4) is 28.4 Å². The summed E-state index contributed by atoms with van der Waals surface area (Å²) in [5.41, 5.74) is 3.68. The van der Waals surface area contributed by atoms with Gasteiger partial charge in [0.15, 0.2) is 0 Å². The van der Waals surface area contributed by atoms with Crippen LogP contribution in [0.15, 0.2) is 78.9 Å². The number of amides is 1. The van der Waals surface area contributed by atoms with Crippen LogP contribution in [0.4, 0.5) is 0 Å². The van der Waals surface area contributed by atoms with Crippen LogP contribution in [0.5, 0.6) is 17.2 Å². The van der Waals surface area contributed by atoms with Gasteiger partial charge in [-0.15, -0.1) is 0 Å². The van der Waals surface area contributed by atoms with Gasteiger partial charge in [-0.2, -0.15) is 0 Å². The van der Waals surface area contributed by atoms with E-state index in [0.717, 1.165) is 16.7 Å². The molecular formula is C31H23Cl3NNaO5. The summed E-state index contributed by atoms with van der Waals surface area (Å²) in [6.07, 6.45) is 0.880. The maximum absolute atomic E-state index is 12.7. The van der Waals surface area contributed by atoms with Crippen molar-refractivity contribution in [1.29, 1.82) is 0 Å². The van der Waals surface area contributed by atoms with Gasteiger partial charge in [-0.3, -0.25) is 4.79 Å². The van der Waals surface area contributed by atoms with E-state index in [1.54, 1.807) is 30.3 Å². The number of hydrogen-bond donors (Lipinski definition) is 1. The van der Waals surface area contributed by atoms with Gasteiger partial charge in [-0.05, 0) is 66.4 Å². The minimum Gasteiger partial charge on any atom is -0.549 e. The fourth-order valence-corrected chi connectivity index (χ4v) is 5.27. The van der Waals surface area contributed by atoms with Crippen LogP contribution >= 0.6 is 34.8 Å². The van der Waals surface area contributed by atoms with E-state index in [-0.39, 0.29) is 47.1 Å². The molecule has 1 heterocycles. The Morgan fingerprint density at radius 1 is 0.927 bits per heavy atom. The Kier molecular flexibility index (Phi) is 10.6. The second-order valence-corrected chi connectivity index (χ2v) is 10.5. The van der Waals surface area contributed by atoms with Crippen molar-refractivity contribution in [2.45, 2.75) is 18.8 Å². The van der Waals surface area contributed by atoms with Crippen LogP contribution in [0.1, 0.15) is 33.8 Å². The Balaban J connectivity index is 0.00000387. The van der Waals surface area contributed by atoms with E-state index >= 15 is 0 Å². The zero-order chi connectivity index (χ0) is 28.2. The molecule has 1 aliphatic heterocycles. The van der Waals surface area contributed by atoms with Gasteiger partial charge < -0.3 is 24.7 Å². The third kappa shape index (κ3) is 7.39. The Labute approximate surface area is 274 Å². The minimum absolute atomic E-state index is 0. The summed E-state index contributed by atoms with van der Waals surface area (Å²) in [4.78, 5) is 24.1. The first kappa shape index (κ1) is 31.2. The first-order valence-electron chi connectivity index (χ1n) is 12.6. The zero-order valence-corrected chi connectivity index (χ0v) is 26.4. The normalized spacial score (nSPS) is 13.8. The number of halogens is 3. The van der Waals surface area contributed by atoms with Crippen molar-refractivity contribution >= 4 is 46.7 Å². The molecule has 1 unspecified atom stereocenters. The Hall–Kier alpha value is -2.71. The predicted molar refractivity (Wildman–Crippen MR) is 154 cm³/mol. The number of aliphatic carboxylic acids is 1. The van der Waals surface area contributed by atoms with Crippen molar-refractivity contribution in [3.05, 3.63) is 111 Å². The Bertz CT molecular complexity index is 1580. The van der Waals surface area contributed by atoms with E-state index in [2.05, 4.69) is 5.32 Å². The van der Waals surface area contributed by atoms with Gasteiger partial charge in [0.1, 0.15) is 17.2 Å². The molecule has 204 valence electrons. The number of carbonyl (C=O) groups is 2. The number of nitrogens with one attached hydrogen (secondary N) is 1. The van der Waals surface area contributed by atoms with Gasteiger partial charge in [-0.25, -0.2) is 0 Å². The second kappa shape index (κ2) is 14.0. The van der Waals surface area contributed by atoms with Gasteiger partial charge in [-0.1, -0.05) is 65.1 Å². The third-order valence-electron chi connectivity index (χ3n) is 6.65. The molecule has 0 aromatic heterocycles. The fourth-order valence-electron chi connectivity index (χ4n) is 4.54. The summed E-state index contributed by atoms with van der Waals surface area (Å²) in [6, 6.07) is 23.0. The van der Waals surface area contributed by atoms with Crippen LogP contribution in [0.3, 0.4) is 0 Å². The van der Waals surface area contributed by atoms with Crippen LogP contribution < -0.4 is 49.5 Å². The molecule has 0 aliphatic carbocycles. The van der Waals surface area contributed by atoms with Crippen molar-refractivity contribution in [2.24, 2.45) is 0 Å². The smallest absolute Gasteiger partial charge is 0.549 e. The molecule has 1 atom stereocenters. The first-order chi connectivity index (χ1) is 19.3. The molecule has 0 spiro atoms. The van der Waals surface area contributed by atoms with Crippen LogP contribution in [-0.2, 0) is 11.2 Å². The molecule has 1 amide bonds. The van der Waals surface area contributed by atoms with E-state index in [1.807, 2.05) is 42.5 Å². The van der Waals surface area contributed by atoms with Crippen molar-refractivity contribution in [2.75, 3.05) is 13.2 Å². The van der Waals surface area contributed by atoms with E-state index in [1.165, 1.54) is 6.07 Å². The molecular weight excluding hydrogens is 596 g/mol. The number of carboxylic acids is 1. The number of carbonyl (C=O) groups excluding carboxylic acids is 2. The average molecular weight is 619 g/mol. The molecule has 1 N–H and O–H groups in total. The molecule has 5 rings (SSSR count). The number of rotatable bonds is 8. The van der Waals surface area contributed by atoms with E-state index < -0.39 is 11.9 Å². The van der Waals surface area contributed by atoms with Gasteiger partial charge in [0, 0.05) is 51.2 Å². The van der Waals surface area contributed by atoms with Crippen LogP contribution in [0, 0.1) is 0 Å². The number of carboxylic acid groups (broad SMARTS) is 1. The summed E-state index contributed by atoms with van der Waals surface area (Å²) in [5, 5.41) is 15.8. The summed E-state index contributed by atoms with van der Waals surface area (Å²) >= 11 is 19.2. The van der Waals surface area contributed by atoms with Crippen LogP contribution in [0.25, 0.3) is 11.1 Å². The molecule has 10 heteroatoms. The maximum atomic E-state index is 12.7. The van der Waals surface area contributed by atoms with Gasteiger partial charge >= 0.3 is 29.6 Å². The van der Waals surface area contributed by atoms with Crippen molar-refractivity contribution in [3.63, 3.8) is 0 Å². The molecule has 1 aliphatic rings. The van der Waals surface area contributed by atoms with Gasteiger partial charge in [0.05, 0.1) is 11.6 Å². The van der Waals surface area contributed by atoms with Gasteiger partial charge in [0.2, 0.25) is 0 Å².